The number of carbonyl (C=O) groups excluding carboxylic acids is 2. The summed E-state index contributed by atoms with van der Waals surface area (Å²) in [6.45, 7) is 0.302. The van der Waals surface area contributed by atoms with E-state index in [1.54, 1.807) is 24.3 Å². The van der Waals surface area contributed by atoms with Crippen LogP contribution in [0.3, 0.4) is 0 Å². The average Bonchev–Trinajstić information content (AvgIpc) is 3.19. The van der Waals surface area contributed by atoms with Crippen molar-refractivity contribution in [1.82, 2.24) is 5.32 Å². The zero-order chi connectivity index (χ0) is 14.7. The van der Waals surface area contributed by atoms with Crippen LogP contribution in [0.4, 0.5) is 0 Å². The van der Waals surface area contributed by atoms with Crippen LogP contribution in [-0.2, 0) is 14.3 Å². The molecule has 2 rings (SSSR count). The molecular weight excluding hydrogens is 305 g/mol. The second-order valence-electron chi connectivity index (χ2n) is 4.84. The van der Waals surface area contributed by atoms with Gasteiger partial charge in [-0.25, -0.2) is 0 Å². The Balaban J connectivity index is 0.00000220. The minimum atomic E-state index is -1.17. The predicted octanol–water partition coefficient (Wildman–Crippen LogP) is -2.47. The number of methoxy groups -OCH3 is 1. The zero-order valence-electron chi connectivity index (χ0n) is 12.0. The van der Waals surface area contributed by atoms with E-state index in [-0.39, 0.29) is 41.5 Å². The van der Waals surface area contributed by atoms with Gasteiger partial charge in [0.25, 0.3) is 0 Å². The molecule has 1 fully saturated rings. The maximum Gasteiger partial charge on any atom is 1.00 e. The Hall–Kier alpha value is -0.590. The number of carboxylic acids is 1. The van der Waals surface area contributed by atoms with Crippen molar-refractivity contribution < 1.29 is 49.0 Å². The normalized spacial score (nSPS) is 21.0. The van der Waals surface area contributed by atoms with Crippen molar-refractivity contribution in [2.24, 2.45) is 11.8 Å². The number of benzene rings is 1. The van der Waals surface area contributed by atoms with Crippen LogP contribution in [0.25, 0.3) is 0 Å². The molecule has 1 unspecified atom stereocenters. The first-order chi connectivity index (χ1) is 9.52. The van der Waals surface area contributed by atoms with Gasteiger partial charge >= 0.3 is 29.6 Å². The third kappa shape index (κ3) is 4.97. The van der Waals surface area contributed by atoms with Gasteiger partial charge in [-0.15, -0.1) is 0 Å². The van der Waals surface area contributed by atoms with E-state index in [0.717, 1.165) is 5.56 Å². The Morgan fingerprint density at radius 3 is 2.48 bits per heavy atom. The van der Waals surface area contributed by atoms with Crippen LogP contribution < -0.4 is 40.0 Å². The molecule has 0 spiro atoms. The van der Waals surface area contributed by atoms with E-state index in [4.69, 9.17) is 16.3 Å². The quantitative estimate of drug-likeness (QED) is 0.590. The van der Waals surface area contributed by atoms with Gasteiger partial charge in [-0.3, -0.25) is 4.79 Å². The summed E-state index contributed by atoms with van der Waals surface area (Å²) >= 11 is 5.82. The Labute approximate surface area is 150 Å². The molecule has 1 amide bonds. The number of ether oxygens (including phenoxy) is 1. The maximum absolute atomic E-state index is 12.0. The van der Waals surface area contributed by atoms with Gasteiger partial charge in [-0.2, -0.15) is 0 Å². The predicted molar refractivity (Wildman–Crippen MR) is 70.8 cm³/mol. The van der Waals surface area contributed by atoms with Crippen molar-refractivity contribution in [1.29, 1.82) is 0 Å². The van der Waals surface area contributed by atoms with Crippen LogP contribution in [0.15, 0.2) is 24.3 Å². The van der Waals surface area contributed by atoms with Crippen molar-refractivity contribution in [3.05, 3.63) is 34.9 Å². The van der Waals surface area contributed by atoms with Crippen LogP contribution >= 0.6 is 11.6 Å². The second-order valence-corrected chi connectivity index (χ2v) is 5.27. The number of halogens is 1. The van der Waals surface area contributed by atoms with Crippen LogP contribution in [0.1, 0.15) is 18.0 Å². The minimum absolute atomic E-state index is 0. The first kappa shape index (κ1) is 18.5. The minimum Gasteiger partial charge on any atom is -0.550 e. The molecule has 5 nitrogen and oxygen atoms in total. The molecule has 1 aliphatic rings. The summed E-state index contributed by atoms with van der Waals surface area (Å²) in [5.74, 6) is -2.61. The van der Waals surface area contributed by atoms with E-state index in [1.807, 2.05) is 0 Å². The second kappa shape index (κ2) is 8.15. The van der Waals surface area contributed by atoms with E-state index < -0.39 is 17.8 Å². The fourth-order valence-corrected chi connectivity index (χ4v) is 2.23. The molecule has 108 valence electrons. The summed E-state index contributed by atoms with van der Waals surface area (Å²) in [7, 11) is 1.54. The molecule has 0 radical (unpaired) electrons. The molecule has 0 aromatic heterocycles. The van der Waals surface area contributed by atoms with Crippen LogP contribution in [-0.4, -0.2) is 25.6 Å². The van der Waals surface area contributed by atoms with Gasteiger partial charge in [-0.1, -0.05) is 23.7 Å². The molecule has 0 aliphatic heterocycles. The Morgan fingerprint density at radius 1 is 1.38 bits per heavy atom. The summed E-state index contributed by atoms with van der Waals surface area (Å²) in [4.78, 5) is 22.6. The van der Waals surface area contributed by atoms with E-state index in [9.17, 15) is 14.7 Å². The topological polar surface area (TPSA) is 78.5 Å². The Morgan fingerprint density at radius 2 is 2.00 bits per heavy atom. The Kier molecular flexibility index (Phi) is 7.16. The van der Waals surface area contributed by atoms with E-state index in [1.165, 1.54) is 7.11 Å². The van der Waals surface area contributed by atoms with Crippen LogP contribution in [0, 0.1) is 11.8 Å². The van der Waals surface area contributed by atoms with Gasteiger partial charge in [-0.05, 0) is 24.1 Å². The van der Waals surface area contributed by atoms with Crippen molar-refractivity contribution in [2.45, 2.75) is 12.5 Å². The first-order valence-corrected chi connectivity index (χ1v) is 6.66. The summed E-state index contributed by atoms with van der Waals surface area (Å²) < 4.78 is 5.09. The molecule has 3 atom stereocenters. The molecular formula is C14H15ClNNaO4. The molecule has 1 aliphatic carbocycles. The molecule has 1 aromatic carbocycles. The zero-order valence-corrected chi connectivity index (χ0v) is 14.7. The van der Waals surface area contributed by atoms with Gasteiger partial charge in [0.1, 0.15) is 0 Å². The number of amides is 1. The van der Waals surface area contributed by atoms with Crippen molar-refractivity contribution in [3.8, 4) is 0 Å². The van der Waals surface area contributed by atoms with Crippen molar-refractivity contribution >= 4 is 23.5 Å². The van der Waals surface area contributed by atoms with Crippen molar-refractivity contribution in [3.63, 3.8) is 0 Å². The number of aliphatic carboxylic acids is 1. The van der Waals surface area contributed by atoms with Crippen LogP contribution in [0.5, 0.6) is 0 Å². The first-order valence-electron chi connectivity index (χ1n) is 6.28. The monoisotopic (exact) mass is 319 g/mol. The van der Waals surface area contributed by atoms with Gasteiger partial charge in [0.05, 0.1) is 12.6 Å². The van der Waals surface area contributed by atoms with E-state index >= 15 is 0 Å². The third-order valence-electron chi connectivity index (χ3n) is 3.35. The summed E-state index contributed by atoms with van der Waals surface area (Å²) in [6.07, 6.45) is 0.342. The van der Waals surface area contributed by atoms with Gasteiger partial charge in [0, 0.05) is 29.9 Å². The number of carboxylic acid groups (broad SMARTS) is 1. The fourth-order valence-electron chi connectivity index (χ4n) is 2.11. The number of rotatable bonds is 6. The van der Waals surface area contributed by atoms with Crippen molar-refractivity contribution in [2.75, 3.05) is 13.7 Å². The Bertz CT molecular complexity index is 508. The molecule has 0 saturated heterocycles. The molecule has 21 heavy (non-hydrogen) atoms. The molecule has 0 heterocycles. The average molecular weight is 320 g/mol. The fraction of sp³-hybridized carbons (Fsp3) is 0.429. The van der Waals surface area contributed by atoms with Gasteiger partial charge in [0.15, 0.2) is 0 Å². The summed E-state index contributed by atoms with van der Waals surface area (Å²) in [5.41, 5.74) is 0.857. The number of hydrogen-bond donors (Lipinski definition) is 1. The number of nitrogens with one attached hydrogen (secondary N) is 1. The standard InChI is InChI=1S/C14H16ClNO4.Na/c1-20-7-12(8-2-4-9(15)5-3-8)16-13(17)10-6-11(10)14(18)19;/h2-5,10-12H,6-7H2,1H3,(H,16,17)(H,18,19);/q;+1/p-1/t10-,11+,12?;/m1./s1. The third-order valence-corrected chi connectivity index (χ3v) is 3.60. The smallest absolute Gasteiger partial charge is 0.550 e. The molecule has 1 N–H and O–H groups in total. The molecule has 1 aromatic rings. The molecule has 1 saturated carbocycles. The number of carbonyl (C=O) groups is 2. The SMILES string of the molecule is COCC(NC(=O)[C@@H]1C[C@@H]1C(=O)[O-])c1ccc(Cl)cc1.[Na+]. The maximum atomic E-state index is 12.0. The summed E-state index contributed by atoms with van der Waals surface area (Å²) in [6, 6.07) is 6.73. The number of hydrogen-bond acceptors (Lipinski definition) is 4. The van der Waals surface area contributed by atoms with E-state index in [0.29, 0.717) is 18.1 Å². The largest absolute Gasteiger partial charge is 1.00 e. The van der Waals surface area contributed by atoms with E-state index in [2.05, 4.69) is 5.32 Å². The molecule has 0 bridgehead atoms. The summed E-state index contributed by atoms with van der Waals surface area (Å²) in [5, 5.41) is 14.1. The van der Waals surface area contributed by atoms with Gasteiger partial charge in [0.2, 0.25) is 5.91 Å². The van der Waals surface area contributed by atoms with Gasteiger partial charge < -0.3 is 20.0 Å². The van der Waals surface area contributed by atoms with Crippen LogP contribution in [0.2, 0.25) is 5.02 Å². The molecule has 7 heteroatoms.